The Hall–Kier alpha value is -0.340. The zero-order valence-corrected chi connectivity index (χ0v) is 10.7. The van der Waals surface area contributed by atoms with E-state index in [9.17, 15) is 0 Å². The second kappa shape index (κ2) is 6.29. The first-order valence-corrected chi connectivity index (χ1v) is 6.10. The van der Waals surface area contributed by atoms with Crippen molar-refractivity contribution in [2.75, 3.05) is 33.7 Å². The van der Waals surface area contributed by atoms with Crippen LogP contribution in [0.3, 0.4) is 0 Å². The van der Waals surface area contributed by atoms with Gasteiger partial charge in [-0.2, -0.15) is 0 Å². The van der Waals surface area contributed by atoms with Crippen LogP contribution in [0, 0.1) is 11.8 Å². The van der Waals surface area contributed by atoms with Crippen molar-refractivity contribution < 1.29 is 0 Å². The zero-order valence-electron chi connectivity index (χ0n) is 10.7. The third-order valence-electron chi connectivity index (χ3n) is 3.05. The average molecular weight is 210 g/mol. The molecule has 2 nitrogen and oxygen atoms in total. The lowest BCUT2D eigenvalue weighted by molar-refractivity contribution is 0.356. The van der Waals surface area contributed by atoms with E-state index in [0.29, 0.717) is 0 Å². The Morgan fingerprint density at radius 2 is 2.20 bits per heavy atom. The quantitative estimate of drug-likeness (QED) is 0.552. The molecule has 0 bridgehead atoms. The van der Waals surface area contributed by atoms with Crippen LogP contribution in [0.4, 0.5) is 0 Å². The molecule has 0 fully saturated rings. The van der Waals surface area contributed by atoms with Gasteiger partial charge in [-0.3, -0.25) is 0 Å². The summed E-state index contributed by atoms with van der Waals surface area (Å²) in [6.07, 6.45) is 5.07. The third kappa shape index (κ3) is 5.33. The lowest BCUT2D eigenvalue weighted by atomic mass is 9.84. The molecule has 0 saturated carbocycles. The van der Waals surface area contributed by atoms with Crippen LogP contribution in [0.1, 0.15) is 26.7 Å². The minimum absolute atomic E-state index is 0.777. The maximum absolute atomic E-state index is 3.56. The van der Waals surface area contributed by atoms with Crippen LogP contribution in [0.15, 0.2) is 11.6 Å². The van der Waals surface area contributed by atoms with Crippen LogP contribution >= 0.6 is 0 Å². The standard InChI is InChI=1S/C13H26N2/c1-11-7-12(2)9-13(8-11)10-14-5-6-15(3)4/h7,11,13-14H,5-6,8-10H2,1-4H3. The van der Waals surface area contributed by atoms with Crippen LogP contribution in [0.5, 0.6) is 0 Å². The number of nitrogens with zero attached hydrogens (tertiary/aromatic N) is 1. The maximum Gasteiger partial charge on any atom is 0.0101 e. The Labute approximate surface area is 94.7 Å². The highest BCUT2D eigenvalue weighted by molar-refractivity contribution is 5.06. The van der Waals surface area contributed by atoms with Crippen molar-refractivity contribution in [3.63, 3.8) is 0 Å². The molecule has 0 aromatic rings. The molecule has 1 rings (SSSR count). The van der Waals surface area contributed by atoms with E-state index in [-0.39, 0.29) is 0 Å². The normalized spacial score (nSPS) is 26.9. The van der Waals surface area contributed by atoms with Crippen molar-refractivity contribution in [2.45, 2.75) is 26.7 Å². The van der Waals surface area contributed by atoms with Crippen molar-refractivity contribution in [3.05, 3.63) is 11.6 Å². The van der Waals surface area contributed by atoms with Crippen LogP contribution < -0.4 is 5.32 Å². The molecule has 88 valence electrons. The van der Waals surface area contributed by atoms with E-state index in [0.717, 1.165) is 24.9 Å². The molecule has 0 spiro atoms. The van der Waals surface area contributed by atoms with Gasteiger partial charge in [-0.1, -0.05) is 18.6 Å². The SMILES string of the molecule is CC1=CC(C)CC(CNCCN(C)C)C1. The summed E-state index contributed by atoms with van der Waals surface area (Å²) in [5.41, 5.74) is 1.58. The molecule has 0 radical (unpaired) electrons. The summed E-state index contributed by atoms with van der Waals surface area (Å²) in [6.45, 7) is 8.03. The molecule has 2 heteroatoms. The maximum atomic E-state index is 3.56. The van der Waals surface area contributed by atoms with E-state index in [1.807, 2.05) is 0 Å². The first kappa shape index (κ1) is 12.7. The van der Waals surface area contributed by atoms with E-state index >= 15 is 0 Å². The minimum Gasteiger partial charge on any atom is -0.315 e. The number of allylic oxidation sites excluding steroid dienone is 2. The summed E-state index contributed by atoms with van der Waals surface area (Å²) < 4.78 is 0. The molecule has 0 amide bonds. The number of likely N-dealkylation sites (N-methyl/N-ethyl adjacent to an activating group) is 1. The van der Waals surface area contributed by atoms with E-state index < -0.39 is 0 Å². The van der Waals surface area contributed by atoms with Crippen molar-refractivity contribution in [1.82, 2.24) is 10.2 Å². The van der Waals surface area contributed by atoms with Crippen molar-refractivity contribution in [1.29, 1.82) is 0 Å². The molecule has 1 aliphatic rings. The topological polar surface area (TPSA) is 15.3 Å². The molecular formula is C13H26N2. The first-order valence-electron chi connectivity index (χ1n) is 6.10. The summed E-state index contributed by atoms with van der Waals surface area (Å²) in [6, 6.07) is 0. The molecule has 1 aliphatic carbocycles. The third-order valence-corrected chi connectivity index (χ3v) is 3.05. The lowest BCUT2D eigenvalue weighted by Crippen LogP contribution is -2.31. The van der Waals surface area contributed by atoms with Gasteiger partial charge in [-0.15, -0.1) is 0 Å². The molecule has 15 heavy (non-hydrogen) atoms. The Balaban J connectivity index is 2.15. The molecular weight excluding hydrogens is 184 g/mol. The Morgan fingerprint density at radius 3 is 2.80 bits per heavy atom. The Bertz CT molecular complexity index is 209. The fourth-order valence-corrected chi connectivity index (χ4v) is 2.45. The summed E-state index contributed by atoms with van der Waals surface area (Å²) in [5.74, 6) is 1.63. The second-order valence-electron chi connectivity index (χ2n) is 5.30. The smallest absolute Gasteiger partial charge is 0.0101 e. The van der Waals surface area contributed by atoms with E-state index in [2.05, 4.69) is 44.2 Å². The fourth-order valence-electron chi connectivity index (χ4n) is 2.45. The van der Waals surface area contributed by atoms with Gasteiger partial charge in [0.25, 0.3) is 0 Å². The van der Waals surface area contributed by atoms with Gasteiger partial charge in [-0.05, 0) is 52.2 Å². The first-order chi connectivity index (χ1) is 7.08. The van der Waals surface area contributed by atoms with E-state index in [1.54, 1.807) is 5.57 Å². The van der Waals surface area contributed by atoms with Crippen molar-refractivity contribution >= 4 is 0 Å². The highest BCUT2D eigenvalue weighted by Crippen LogP contribution is 2.26. The number of nitrogens with one attached hydrogen (secondary N) is 1. The highest BCUT2D eigenvalue weighted by atomic mass is 15.1. The van der Waals surface area contributed by atoms with Crippen molar-refractivity contribution in [2.24, 2.45) is 11.8 Å². The van der Waals surface area contributed by atoms with E-state index in [1.165, 1.54) is 19.4 Å². The van der Waals surface area contributed by atoms with E-state index in [4.69, 9.17) is 0 Å². The van der Waals surface area contributed by atoms with Crippen molar-refractivity contribution in [3.8, 4) is 0 Å². The summed E-state index contributed by atoms with van der Waals surface area (Å²) in [4.78, 5) is 2.22. The fraction of sp³-hybridized carbons (Fsp3) is 0.846. The minimum atomic E-state index is 0.777. The lowest BCUT2D eigenvalue weighted by Gasteiger charge is -2.25. The van der Waals surface area contributed by atoms with Gasteiger partial charge in [-0.25, -0.2) is 0 Å². The summed E-state index contributed by atoms with van der Waals surface area (Å²) in [7, 11) is 4.24. The molecule has 0 aromatic heterocycles. The number of hydrogen-bond acceptors (Lipinski definition) is 2. The molecule has 2 atom stereocenters. The zero-order chi connectivity index (χ0) is 11.3. The van der Waals surface area contributed by atoms with Crippen LogP contribution in [0.2, 0.25) is 0 Å². The molecule has 0 heterocycles. The highest BCUT2D eigenvalue weighted by Gasteiger charge is 2.17. The van der Waals surface area contributed by atoms with Gasteiger partial charge in [0.15, 0.2) is 0 Å². The Kier molecular flexibility index (Phi) is 5.34. The molecule has 0 aliphatic heterocycles. The average Bonchev–Trinajstić information content (AvgIpc) is 2.10. The molecule has 1 N–H and O–H groups in total. The van der Waals surface area contributed by atoms with Crippen LogP contribution in [-0.2, 0) is 0 Å². The predicted octanol–water partition coefficient (Wildman–Crippen LogP) is 2.13. The van der Waals surface area contributed by atoms with Gasteiger partial charge in [0, 0.05) is 13.1 Å². The van der Waals surface area contributed by atoms with Gasteiger partial charge in [0.1, 0.15) is 0 Å². The second-order valence-corrected chi connectivity index (χ2v) is 5.30. The monoisotopic (exact) mass is 210 g/mol. The van der Waals surface area contributed by atoms with Gasteiger partial charge < -0.3 is 10.2 Å². The summed E-state index contributed by atoms with van der Waals surface area (Å²) >= 11 is 0. The van der Waals surface area contributed by atoms with Gasteiger partial charge in [0.2, 0.25) is 0 Å². The largest absolute Gasteiger partial charge is 0.315 e. The molecule has 0 saturated heterocycles. The number of hydrogen-bond donors (Lipinski definition) is 1. The Morgan fingerprint density at radius 1 is 1.47 bits per heavy atom. The molecule has 0 aromatic carbocycles. The van der Waals surface area contributed by atoms with Crippen LogP contribution in [0.25, 0.3) is 0 Å². The van der Waals surface area contributed by atoms with Gasteiger partial charge in [0.05, 0.1) is 0 Å². The predicted molar refractivity (Wildman–Crippen MR) is 67.1 cm³/mol. The van der Waals surface area contributed by atoms with Crippen LogP contribution in [-0.4, -0.2) is 38.6 Å². The van der Waals surface area contributed by atoms with Gasteiger partial charge >= 0.3 is 0 Å². The summed E-state index contributed by atoms with van der Waals surface area (Å²) in [5, 5.41) is 3.56. The molecule has 2 unspecified atom stereocenters. The number of rotatable bonds is 5.